The minimum atomic E-state index is -1.17. The molecule has 0 aromatic heterocycles. The predicted molar refractivity (Wildman–Crippen MR) is 80.3 cm³/mol. The standard InChI is InChI=1S/C16H12ClF2NO3/c17-10-6-4-9(5-7-10)13(8-14(21)22)20-16(23)15-11(18)2-1-3-12(15)19/h1-7,13H,8H2,(H,20,23)(H,21,22). The monoisotopic (exact) mass is 339 g/mol. The van der Waals surface area contributed by atoms with Gasteiger partial charge in [0.2, 0.25) is 0 Å². The molecule has 0 saturated heterocycles. The summed E-state index contributed by atoms with van der Waals surface area (Å²) < 4.78 is 27.3. The normalized spacial score (nSPS) is 11.8. The lowest BCUT2D eigenvalue weighted by molar-refractivity contribution is -0.137. The van der Waals surface area contributed by atoms with Crippen LogP contribution in [0, 0.1) is 11.6 Å². The minimum Gasteiger partial charge on any atom is -0.481 e. The van der Waals surface area contributed by atoms with Crippen molar-refractivity contribution in [3.8, 4) is 0 Å². The summed E-state index contributed by atoms with van der Waals surface area (Å²) in [7, 11) is 0. The van der Waals surface area contributed by atoms with Gasteiger partial charge in [0, 0.05) is 5.02 Å². The first kappa shape index (κ1) is 16.9. The molecule has 0 aliphatic rings. The van der Waals surface area contributed by atoms with Gasteiger partial charge in [0.1, 0.15) is 17.2 Å². The number of halogens is 3. The third-order valence-corrected chi connectivity index (χ3v) is 3.40. The Morgan fingerprint density at radius 1 is 1.09 bits per heavy atom. The molecule has 0 aliphatic heterocycles. The number of rotatable bonds is 5. The summed E-state index contributed by atoms with van der Waals surface area (Å²) in [5.41, 5.74) is -0.293. The molecule has 2 N–H and O–H groups in total. The minimum absolute atomic E-state index is 0.439. The molecular weight excluding hydrogens is 328 g/mol. The largest absolute Gasteiger partial charge is 0.481 e. The molecule has 7 heteroatoms. The van der Waals surface area contributed by atoms with E-state index in [-0.39, 0.29) is 0 Å². The van der Waals surface area contributed by atoms with Crippen LogP contribution in [-0.2, 0) is 4.79 Å². The molecule has 2 aromatic carbocycles. The molecule has 1 amide bonds. The van der Waals surface area contributed by atoms with E-state index in [9.17, 15) is 18.4 Å². The second-order valence-corrected chi connectivity index (χ2v) is 5.21. The highest BCUT2D eigenvalue weighted by Crippen LogP contribution is 2.21. The van der Waals surface area contributed by atoms with E-state index in [1.165, 1.54) is 24.3 Å². The van der Waals surface area contributed by atoms with Crippen LogP contribution in [0.5, 0.6) is 0 Å². The van der Waals surface area contributed by atoms with Gasteiger partial charge in [-0.15, -0.1) is 0 Å². The van der Waals surface area contributed by atoms with E-state index in [4.69, 9.17) is 16.7 Å². The first-order chi connectivity index (χ1) is 10.9. The maximum Gasteiger partial charge on any atom is 0.305 e. The summed E-state index contributed by atoms with van der Waals surface area (Å²) in [5.74, 6) is -4.23. The zero-order valence-corrected chi connectivity index (χ0v) is 12.5. The topological polar surface area (TPSA) is 66.4 Å². The number of nitrogens with one attached hydrogen (secondary N) is 1. The van der Waals surface area contributed by atoms with Crippen LogP contribution >= 0.6 is 11.6 Å². The molecule has 0 saturated carbocycles. The number of aliphatic carboxylic acids is 1. The molecule has 0 aliphatic carbocycles. The first-order valence-corrected chi connectivity index (χ1v) is 6.98. The zero-order chi connectivity index (χ0) is 17.0. The number of carbonyl (C=O) groups excluding carboxylic acids is 1. The van der Waals surface area contributed by atoms with E-state index >= 15 is 0 Å². The van der Waals surface area contributed by atoms with E-state index in [2.05, 4.69) is 5.32 Å². The summed E-state index contributed by atoms with van der Waals surface area (Å²) >= 11 is 5.76. The molecule has 1 unspecified atom stereocenters. The maximum absolute atomic E-state index is 13.6. The van der Waals surface area contributed by atoms with Crippen molar-refractivity contribution in [3.05, 3.63) is 70.2 Å². The fourth-order valence-electron chi connectivity index (χ4n) is 2.07. The van der Waals surface area contributed by atoms with Gasteiger partial charge in [-0.25, -0.2) is 8.78 Å². The Labute approximate surface area is 135 Å². The van der Waals surface area contributed by atoms with Crippen LogP contribution < -0.4 is 5.32 Å². The van der Waals surface area contributed by atoms with Crippen LogP contribution in [0.25, 0.3) is 0 Å². The van der Waals surface area contributed by atoms with Crippen LogP contribution in [-0.4, -0.2) is 17.0 Å². The number of carboxylic acid groups (broad SMARTS) is 1. The lowest BCUT2D eigenvalue weighted by Crippen LogP contribution is -2.31. The Morgan fingerprint density at radius 2 is 1.65 bits per heavy atom. The summed E-state index contributed by atoms with van der Waals surface area (Å²) in [6.45, 7) is 0. The fourth-order valence-corrected chi connectivity index (χ4v) is 2.19. The number of benzene rings is 2. The van der Waals surface area contributed by atoms with Gasteiger partial charge < -0.3 is 10.4 Å². The third-order valence-electron chi connectivity index (χ3n) is 3.15. The maximum atomic E-state index is 13.6. The van der Waals surface area contributed by atoms with Gasteiger partial charge >= 0.3 is 5.97 Å². The van der Waals surface area contributed by atoms with Crippen molar-refractivity contribution in [3.63, 3.8) is 0 Å². The van der Waals surface area contributed by atoms with Crippen molar-refractivity contribution < 1.29 is 23.5 Å². The second kappa shape index (κ2) is 7.19. The molecule has 4 nitrogen and oxygen atoms in total. The second-order valence-electron chi connectivity index (χ2n) is 4.77. The van der Waals surface area contributed by atoms with Crippen molar-refractivity contribution in [1.82, 2.24) is 5.32 Å². The molecule has 1 atom stereocenters. The van der Waals surface area contributed by atoms with Gasteiger partial charge in [-0.3, -0.25) is 9.59 Å². The Balaban J connectivity index is 2.29. The van der Waals surface area contributed by atoms with Crippen molar-refractivity contribution in [2.45, 2.75) is 12.5 Å². The molecule has 2 aromatic rings. The predicted octanol–water partition coefficient (Wildman–Crippen LogP) is 3.56. The van der Waals surface area contributed by atoms with Crippen molar-refractivity contribution in [2.75, 3.05) is 0 Å². The van der Waals surface area contributed by atoms with Crippen LogP contribution in [0.1, 0.15) is 28.4 Å². The van der Waals surface area contributed by atoms with Crippen molar-refractivity contribution in [2.24, 2.45) is 0 Å². The molecule has 0 spiro atoms. The Kier molecular flexibility index (Phi) is 5.28. The molecule has 0 radical (unpaired) electrons. The number of carbonyl (C=O) groups is 2. The molecule has 0 fully saturated rings. The Hall–Kier alpha value is -2.47. The number of amides is 1. The van der Waals surface area contributed by atoms with Crippen LogP contribution in [0.2, 0.25) is 5.02 Å². The van der Waals surface area contributed by atoms with Crippen LogP contribution in [0.4, 0.5) is 8.78 Å². The van der Waals surface area contributed by atoms with Gasteiger partial charge in [-0.2, -0.15) is 0 Å². The van der Waals surface area contributed by atoms with E-state index in [0.29, 0.717) is 10.6 Å². The van der Waals surface area contributed by atoms with E-state index < -0.39 is 41.5 Å². The van der Waals surface area contributed by atoms with Gasteiger partial charge in [0.15, 0.2) is 0 Å². The fraction of sp³-hybridized carbons (Fsp3) is 0.125. The van der Waals surface area contributed by atoms with Gasteiger partial charge in [-0.05, 0) is 29.8 Å². The summed E-state index contributed by atoms with van der Waals surface area (Å²) in [5, 5.41) is 11.7. The quantitative estimate of drug-likeness (QED) is 0.875. The summed E-state index contributed by atoms with van der Waals surface area (Å²) in [4.78, 5) is 23.1. The molecule has 2 rings (SSSR count). The molecule has 120 valence electrons. The summed E-state index contributed by atoms with van der Waals surface area (Å²) in [6, 6.07) is 8.22. The van der Waals surface area contributed by atoms with Gasteiger partial charge in [0.25, 0.3) is 5.91 Å². The number of hydrogen-bond acceptors (Lipinski definition) is 2. The zero-order valence-electron chi connectivity index (χ0n) is 11.7. The average molecular weight is 340 g/mol. The van der Waals surface area contributed by atoms with Crippen LogP contribution in [0.3, 0.4) is 0 Å². The van der Waals surface area contributed by atoms with E-state index in [1.807, 2.05) is 0 Å². The summed E-state index contributed by atoms with van der Waals surface area (Å²) in [6.07, 6.45) is -0.441. The highest BCUT2D eigenvalue weighted by molar-refractivity contribution is 6.30. The van der Waals surface area contributed by atoms with Crippen LogP contribution in [0.15, 0.2) is 42.5 Å². The highest BCUT2D eigenvalue weighted by atomic mass is 35.5. The van der Waals surface area contributed by atoms with E-state index in [1.54, 1.807) is 0 Å². The lowest BCUT2D eigenvalue weighted by Gasteiger charge is -2.18. The average Bonchev–Trinajstić information content (AvgIpc) is 2.46. The Morgan fingerprint density at radius 3 is 2.17 bits per heavy atom. The molecule has 0 heterocycles. The number of carboxylic acids is 1. The van der Waals surface area contributed by atoms with Gasteiger partial charge in [0.05, 0.1) is 12.5 Å². The molecule has 23 heavy (non-hydrogen) atoms. The van der Waals surface area contributed by atoms with Crippen molar-refractivity contribution >= 4 is 23.5 Å². The Bertz CT molecular complexity index is 714. The molecule has 0 bridgehead atoms. The third kappa shape index (κ3) is 4.26. The lowest BCUT2D eigenvalue weighted by atomic mass is 10.0. The number of hydrogen-bond donors (Lipinski definition) is 2. The SMILES string of the molecule is O=C(O)CC(NC(=O)c1c(F)cccc1F)c1ccc(Cl)cc1. The highest BCUT2D eigenvalue weighted by Gasteiger charge is 2.23. The first-order valence-electron chi connectivity index (χ1n) is 6.60. The smallest absolute Gasteiger partial charge is 0.305 e. The molecular formula is C16H12ClF2NO3. The van der Waals surface area contributed by atoms with E-state index in [0.717, 1.165) is 18.2 Å². The van der Waals surface area contributed by atoms with Gasteiger partial charge in [-0.1, -0.05) is 29.8 Å². The van der Waals surface area contributed by atoms with Crippen molar-refractivity contribution in [1.29, 1.82) is 0 Å².